The fourth-order valence-corrected chi connectivity index (χ4v) is 5.96. The number of piperidine rings is 1. The summed E-state index contributed by atoms with van der Waals surface area (Å²) >= 11 is 0. The lowest BCUT2D eigenvalue weighted by Gasteiger charge is -2.41. The van der Waals surface area contributed by atoms with Crippen molar-refractivity contribution in [2.45, 2.75) is 117 Å². The van der Waals surface area contributed by atoms with Gasteiger partial charge in [-0.15, -0.1) is 0 Å². The van der Waals surface area contributed by atoms with Gasteiger partial charge in [0.15, 0.2) is 11.6 Å². The molecule has 6 heteroatoms. The molecule has 1 heterocycles. The summed E-state index contributed by atoms with van der Waals surface area (Å²) in [5.74, 6) is -0.320. The van der Waals surface area contributed by atoms with Gasteiger partial charge in [0.1, 0.15) is 5.78 Å². The van der Waals surface area contributed by atoms with Crippen LogP contribution in [0, 0.1) is 23.2 Å². The van der Waals surface area contributed by atoms with Crippen LogP contribution in [0.2, 0.25) is 0 Å². The quantitative estimate of drug-likeness (QED) is 0.466. The Labute approximate surface area is 207 Å². The van der Waals surface area contributed by atoms with Crippen LogP contribution in [-0.2, 0) is 19.2 Å². The average molecular weight is 477 g/mol. The predicted octanol–water partition coefficient (Wildman–Crippen LogP) is 4.73. The van der Waals surface area contributed by atoms with E-state index in [-0.39, 0.29) is 54.0 Å². The van der Waals surface area contributed by atoms with E-state index in [1.807, 2.05) is 27.7 Å². The summed E-state index contributed by atoms with van der Waals surface area (Å²) in [5, 5.41) is 3.06. The lowest BCUT2D eigenvalue weighted by atomic mass is 9.74. The van der Waals surface area contributed by atoms with Crippen LogP contribution < -0.4 is 5.32 Å². The van der Waals surface area contributed by atoms with Crippen molar-refractivity contribution < 1.29 is 19.2 Å². The van der Waals surface area contributed by atoms with E-state index in [9.17, 15) is 19.2 Å². The normalized spacial score (nSPS) is 22.6. The molecule has 1 amide bonds. The van der Waals surface area contributed by atoms with E-state index in [1.54, 1.807) is 18.9 Å². The Morgan fingerprint density at radius 3 is 2.09 bits per heavy atom. The fraction of sp³-hybridized carbons (Fsp3) is 0.857. The Kier molecular flexibility index (Phi) is 10.9. The Bertz CT molecular complexity index is 716. The van der Waals surface area contributed by atoms with Crippen molar-refractivity contribution in [1.29, 1.82) is 0 Å². The molecule has 6 nitrogen and oxygen atoms in total. The van der Waals surface area contributed by atoms with Gasteiger partial charge in [0.05, 0.1) is 12.1 Å². The smallest absolute Gasteiger partial charge is 0.227 e. The van der Waals surface area contributed by atoms with Gasteiger partial charge in [0.25, 0.3) is 0 Å². The molecule has 194 valence electrons. The number of hydrogen-bond donors (Lipinski definition) is 1. The number of nitrogens with zero attached hydrogens (tertiary/aromatic N) is 1. The van der Waals surface area contributed by atoms with Crippen molar-refractivity contribution >= 4 is 23.3 Å². The largest absolute Gasteiger partial charge is 0.332 e. The van der Waals surface area contributed by atoms with Gasteiger partial charge in [-0.2, -0.15) is 0 Å². The van der Waals surface area contributed by atoms with Crippen molar-refractivity contribution in [3.05, 3.63) is 0 Å². The summed E-state index contributed by atoms with van der Waals surface area (Å²) in [5.41, 5.74) is -0.395. The minimum absolute atomic E-state index is 0.0273. The van der Waals surface area contributed by atoms with Crippen molar-refractivity contribution in [3.63, 3.8) is 0 Å². The van der Waals surface area contributed by atoms with Crippen LogP contribution in [0.15, 0.2) is 0 Å². The van der Waals surface area contributed by atoms with E-state index in [2.05, 4.69) is 5.32 Å². The zero-order valence-corrected chi connectivity index (χ0v) is 22.5. The number of amides is 1. The highest BCUT2D eigenvalue weighted by Crippen LogP contribution is 2.36. The van der Waals surface area contributed by atoms with Gasteiger partial charge in [-0.25, -0.2) is 0 Å². The van der Waals surface area contributed by atoms with Crippen LogP contribution >= 0.6 is 0 Å². The molecule has 0 spiro atoms. The third-order valence-electron chi connectivity index (χ3n) is 8.21. The molecule has 0 unspecified atom stereocenters. The van der Waals surface area contributed by atoms with E-state index in [0.29, 0.717) is 19.4 Å². The molecule has 34 heavy (non-hydrogen) atoms. The van der Waals surface area contributed by atoms with Crippen molar-refractivity contribution in [1.82, 2.24) is 10.2 Å². The predicted molar refractivity (Wildman–Crippen MR) is 135 cm³/mol. The molecular weight excluding hydrogens is 428 g/mol. The Balaban J connectivity index is 2.21. The number of carbonyl (C=O) groups is 4. The van der Waals surface area contributed by atoms with Gasteiger partial charge in [0, 0.05) is 31.2 Å². The highest BCUT2D eigenvalue weighted by molar-refractivity contribution is 5.95. The highest BCUT2D eigenvalue weighted by Gasteiger charge is 2.42. The molecule has 1 N–H and O–H groups in total. The number of likely N-dealkylation sites (N-methyl/N-ethyl adjacent to an activating group) is 1. The standard InChI is InChI=1S/C28H48N2O4/c1-7-23(29-6)25(32)18-22(28(3,4)5)27(34)30-16-12-11-15-24(30)26(33)17-21(19(2)31)20-13-9-8-10-14-20/h20-24,29H,7-18H2,1-6H3/t21-,22-,23+,24+/m1/s1. The molecule has 0 aromatic rings. The van der Waals surface area contributed by atoms with E-state index >= 15 is 0 Å². The summed E-state index contributed by atoms with van der Waals surface area (Å²) in [7, 11) is 1.77. The van der Waals surface area contributed by atoms with Crippen LogP contribution in [0.1, 0.15) is 105 Å². The minimum Gasteiger partial charge on any atom is -0.332 e. The van der Waals surface area contributed by atoms with Crippen molar-refractivity contribution in [3.8, 4) is 0 Å². The molecule has 0 aromatic heterocycles. The molecule has 1 saturated carbocycles. The first-order valence-electron chi connectivity index (χ1n) is 13.5. The maximum absolute atomic E-state index is 13.9. The molecule has 4 atom stereocenters. The number of ketones is 3. The lowest BCUT2D eigenvalue weighted by Crippen LogP contribution is -2.53. The van der Waals surface area contributed by atoms with Crippen LogP contribution in [-0.4, -0.2) is 53.8 Å². The summed E-state index contributed by atoms with van der Waals surface area (Å²) in [6.45, 7) is 10.1. The van der Waals surface area contributed by atoms with E-state index < -0.39 is 17.4 Å². The number of Topliss-reactive ketones (excluding diaryl/α,β-unsaturated/α-hetero) is 3. The van der Waals surface area contributed by atoms with E-state index in [0.717, 1.165) is 38.5 Å². The maximum Gasteiger partial charge on any atom is 0.227 e. The van der Waals surface area contributed by atoms with E-state index in [1.165, 1.54) is 6.42 Å². The Hall–Kier alpha value is -1.56. The monoisotopic (exact) mass is 476 g/mol. The van der Waals surface area contributed by atoms with Gasteiger partial charge >= 0.3 is 0 Å². The second-order valence-corrected chi connectivity index (χ2v) is 11.7. The van der Waals surface area contributed by atoms with Crippen molar-refractivity contribution in [2.24, 2.45) is 23.2 Å². The number of likely N-dealkylation sites (tertiary alicyclic amines) is 1. The second kappa shape index (κ2) is 12.9. The highest BCUT2D eigenvalue weighted by atomic mass is 16.2. The van der Waals surface area contributed by atoms with Gasteiger partial charge in [0.2, 0.25) is 5.91 Å². The first kappa shape index (κ1) is 28.7. The molecule has 1 aliphatic carbocycles. The molecular formula is C28H48N2O4. The van der Waals surface area contributed by atoms with E-state index in [4.69, 9.17) is 0 Å². The van der Waals surface area contributed by atoms with Gasteiger partial charge in [-0.05, 0) is 63.8 Å². The number of nitrogens with one attached hydrogen (secondary N) is 1. The third-order valence-corrected chi connectivity index (χ3v) is 8.21. The lowest BCUT2D eigenvalue weighted by molar-refractivity contribution is -0.150. The molecule has 2 fully saturated rings. The first-order valence-corrected chi connectivity index (χ1v) is 13.5. The Morgan fingerprint density at radius 1 is 0.941 bits per heavy atom. The number of carbonyl (C=O) groups excluding carboxylic acids is 4. The number of rotatable bonds is 11. The third kappa shape index (κ3) is 7.47. The van der Waals surface area contributed by atoms with Crippen molar-refractivity contribution in [2.75, 3.05) is 13.6 Å². The second-order valence-electron chi connectivity index (χ2n) is 11.7. The zero-order chi connectivity index (χ0) is 25.5. The molecule has 2 rings (SSSR count). The molecule has 2 aliphatic rings. The van der Waals surface area contributed by atoms with Gasteiger partial charge in [-0.3, -0.25) is 19.2 Å². The van der Waals surface area contributed by atoms with Gasteiger partial charge in [-0.1, -0.05) is 47.0 Å². The molecule has 0 aromatic carbocycles. The molecule has 0 bridgehead atoms. The number of hydrogen-bond acceptors (Lipinski definition) is 5. The first-order chi connectivity index (χ1) is 16.0. The maximum atomic E-state index is 13.9. The molecule has 1 aliphatic heterocycles. The average Bonchev–Trinajstić information content (AvgIpc) is 2.80. The van der Waals surface area contributed by atoms with Crippen LogP contribution in [0.3, 0.4) is 0 Å². The Morgan fingerprint density at radius 2 is 1.56 bits per heavy atom. The summed E-state index contributed by atoms with van der Waals surface area (Å²) in [6.07, 6.45) is 9.02. The summed E-state index contributed by atoms with van der Waals surface area (Å²) in [6, 6.07) is -0.735. The van der Waals surface area contributed by atoms with Crippen LogP contribution in [0.5, 0.6) is 0 Å². The van der Waals surface area contributed by atoms with Gasteiger partial charge < -0.3 is 10.2 Å². The van der Waals surface area contributed by atoms with Crippen LogP contribution in [0.4, 0.5) is 0 Å². The van der Waals surface area contributed by atoms with Crippen LogP contribution in [0.25, 0.3) is 0 Å². The zero-order valence-electron chi connectivity index (χ0n) is 22.5. The SMILES string of the molecule is CC[C@H](NC)C(=O)C[C@H](C(=O)N1CCCC[C@H]1C(=O)C[C@H](C(C)=O)C1CCCCC1)C(C)(C)C. The summed E-state index contributed by atoms with van der Waals surface area (Å²) in [4.78, 5) is 54.6. The fourth-order valence-electron chi connectivity index (χ4n) is 5.96. The minimum atomic E-state index is -0.474. The molecule has 0 radical (unpaired) electrons. The topological polar surface area (TPSA) is 83.6 Å². The summed E-state index contributed by atoms with van der Waals surface area (Å²) < 4.78 is 0. The molecule has 1 saturated heterocycles.